The number of hydrogen-bond acceptors (Lipinski definition) is 3. The van der Waals surface area contributed by atoms with Gasteiger partial charge in [0.2, 0.25) is 0 Å². The zero-order valence-corrected chi connectivity index (χ0v) is 41.1. The molecular weight excluding hydrogens is 689 g/mol. The molecule has 0 bridgehead atoms. The van der Waals surface area contributed by atoms with Crippen molar-refractivity contribution in [2.45, 2.75) is 284 Å². The first-order chi connectivity index (χ1) is 24.7. The predicted octanol–water partition coefficient (Wildman–Crippen LogP) is 16.5. The quantitative estimate of drug-likeness (QED) is 0.0456. The van der Waals surface area contributed by atoms with E-state index < -0.39 is 35.2 Å². The van der Waals surface area contributed by atoms with Crippen LogP contribution in [0.1, 0.15) is 233 Å². The fraction of sp³-hybridized carbons (Fsp3) is 1.00. The van der Waals surface area contributed by atoms with Gasteiger partial charge in [-0.2, -0.15) is 0 Å². The standard InChI is InChI=1S/C44H98O3Si4/c1-9-13-17-21-25-29-33-37-41-48(5)45-50(7,43-39-35-31-27-23-19-15-11-3)47-51(8,44-40-36-32-28-24-20-16-12-4)46-49(6)42-38-34-30-26-22-18-14-10-2/h48-49H,9-44H2,1-8H3. The third kappa shape index (κ3) is 34.9. The molecule has 0 aromatic heterocycles. The molecule has 0 aromatic rings. The third-order valence-electron chi connectivity index (χ3n) is 11.2. The molecule has 0 aliphatic carbocycles. The van der Waals surface area contributed by atoms with Crippen LogP contribution in [0.3, 0.4) is 0 Å². The molecule has 3 nitrogen and oxygen atoms in total. The van der Waals surface area contributed by atoms with Crippen LogP contribution in [0.2, 0.25) is 50.4 Å². The molecule has 4 atom stereocenters. The summed E-state index contributed by atoms with van der Waals surface area (Å²) in [6, 6.07) is 4.99. The van der Waals surface area contributed by atoms with Crippen molar-refractivity contribution in [3.8, 4) is 0 Å². The van der Waals surface area contributed by atoms with Crippen LogP contribution in [-0.2, 0) is 12.3 Å². The van der Waals surface area contributed by atoms with E-state index in [0.29, 0.717) is 0 Å². The molecule has 0 saturated carbocycles. The lowest BCUT2D eigenvalue weighted by atomic mass is 10.1. The molecule has 4 unspecified atom stereocenters. The first-order valence-electron chi connectivity index (χ1n) is 23.8. The van der Waals surface area contributed by atoms with E-state index in [4.69, 9.17) is 12.3 Å². The molecule has 0 heterocycles. The van der Waals surface area contributed by atoms with E-state index in [1.54, 1.807) is 0 Å². The van der Waals surface area contributed by atoms with Crippen LogP contribution in [0.4, 0.5) is 0 Å². The van der Waals surface area contributed by atoms with Crippen molar-refractivity contribution < 1.29 is 12.3 Å². The summed E-state index contributed by atoms with van der Waals surface area (Å²) in [6.07, 6.45) is 44.3. The van der Waals surface area contributed by atoms with Gasteiger partial charge in [-0.25, -0.2) is 0 Å². The lowest BCUT2D eigenvalue weighted by molar-refractivity contribution is 0.318. The molecule has 308 valence electrons. The molecule has 0 amide bonds. The Morgan fingerprint density at radius 1 is 0.314 bits per heavy atom. The van der Waals surface area contributed by atoms with Crippen molar-refractivity contribution in [2.24, 2.45) is 0 Å². The van der Waals surface area contributed by atoms with E-state index in [0.717, 1.165) is 0 Å². The Morgan fingerprint density at radius 2 is 0.529 bits per heavy atom. The number of hydrogen-bond donors (Lipinski definition) is 0. The molecule has 0 aliphatic heterocycles. The fourth-order valence-corrected chi connectivity index (χ4v) is 25.9. The van der Waals surface area contributed by atoms with Crippen LogP contribution in [0.15, 0.2) is 0 Å². The van der Waals surface area contributed by atoms with Gasteiger partial charge in [0.25, 0.3) is 0 Å². The fourth-order valence-electron chi connectivity index (χ4n) is 7.99. The Kier molecular flexibility index (Phi) is 38.2. The second-order valence-electron chi connectivity index (χ2n) is 17.2. The summed E-state index contributed by atoms with van der Waals surface area (Å²) in [6.45, 7) is 19.2. The molecule has 0 aromatic carbocycles. The average molecular weight is 788 g/mol. The van der Waals surface area contributed by atoms with E-state index in [1.807, 2.05) is 0 Å². The van der Waals surface area contributed by atoms with Gasteiger partial charge in [0.15, 0.2) is 18.1 Å². The Labute approximate surface area is 329 Å². The first-order valence-corrected chi connectivity index (χ1v) is 33.7. The molecule has 51 heavy (non-hydrogen) atoms. The number of rotatable bonds is 42. The molecule has 0 fully saturated rings. The van der Waals surface area contributed by atoms with Crippen molar-refractivity contribution in [1.29, 1.82) is 0 Å². The van der Waals surface area contributed by atoms with Crippen molar-refractivity contribution in [2.75, 3.05) is 0 Å². The monoisotopic (exact) mass is 787 g/mol. The van der Waals surface area contributed by atoms with Gasteiger partial charge in [-0.1, -0.05) is 233 Å². The van der Waals surface area contributed by atoms with Gasteiger partial charge in [-0.15, -0.1) is 0 Å². The zero-order valence-electron chi connectivity index (χ0n) is 36.8. The highest BCUT2D eigenvalue weighted by Crippen LogP contribution is 2.31. The first kappa shape index (κ1) is 51.7. The summed E-state index contributed by atoms with van der Waals surface area (Å²) in [7, 11) is -7.18. The van der Waals surface area contributed by atoms with Crippen molar-refractivity contribution in [1.82, 2.24) is 0 Å². The summed E-state index contributed by atoms with van der Waals surface area (Å²) in [5.41, 5.74) is 0. The molecule has 0 radical (unpaired) electrons. The van der Waals surface area contributed by atoms with Crippen molar-refractivity contribution in [3.63, 3.8) is 0 Å². The van der Waals surface area contributed by atoms with Crippen LogP contribution in [-0.4, -0.2) is 35.2 Å². The number of unbranched alkanes of at least 4 members (excludes halogenated alkanes) is 28. The SMILES string of the molecule is CCCCCCCCCC[SiH](C)O[Si](C)(CCCCCCCCCC)O[Si](C)(CCCCCCCCCC)O[SiH](C)CCCCCCCCCC. The summed E-state index contributed by atoms with van der Waals surface area (Å²) < 4.78 is 22.1. The van der Waals surface area contributed by atoms with E-state index in [-0.39, 0.29) is 0 Å². The third-order valence-corrected chi connectivity index (χ3v) is 26.9. The summed E-state index contributed by atoms with van der Waals surface area (Å²) in [5.74, 6) is 0. The normalized spacial score (nSPS) is 15.5. The summed E-state index contributed by atoms with van der Waals surface area (Å²) >= 11 is 0. The minimum absolute atomic E-state index is 1.17. The van der Waals surface area contributed by atoms with E-state index in [9.17, 15) is 0 Å². The summed E-state index contributed by atoms with van der Waals surface area (Å²) in [4.78, 5) is 0. The molecule has 0 saturated heterocycles. The molecule has 0 rings (SSSR count). The Morgan fingerprint density at radius 3 is 0.784 bits per heavy atom. The average Bonchev–Trinajstić information content (AvgIpc) is 3.09. The molecular formula is C44H98O3Si4. The maximum atomic E-state index is 7.55. The maximum absolute atomic E-state index is 7.55. The largest absolute Gasteiger partial charge is 0.439 e. The van der Waals surface area contributed by atoms with E-state index >= 15 is 0 Å². The molecule has 0 spiro atoms. The van der Waals surface area contributed by atoms with Crippen molar-refractivity contribution in [3.05, 3.63) is 0 Å². The Hall–Kier alpha value is 0.748. The second-order valence-corrected chi connectivity index (χ2v) is 29.8. The van der Waals surface area contributed by atoms with Gasteiger partial charge in [0.1, 0.15) is 0 Å². The van der Waals surface area contributed by atoms with Crippen molar-refractivity contribution >= 4 is 35.2 Å². The van der Waals surface area contributed by atoms with Gasteiger partial charge < -0.3 is 12.3 Å². The highest BCUT2D eigenvalue weighted by atomic mass is 28.5. The van der Waals surface area contributed by atoms with Gasteiger partial charge >= 0.3 is 17.1 Å². The van der Waals surface area contributed by atoms with Gasteiger partial charge in [-0.05, 0) is 50.4 Å². The molecule has 7 heteroatoms. The van der Waals surface area contributed by atoms with Crippen LogP contribution in [0, 0.1) is 0 Å². The molecule has 0 aliphatic rings. The highest BCUT2D eigenvalue weighted by molar-refractivity contribution is 6.85. The van der Waals surface area contributed by atoms with E-state index in [2.05, 4.69) is 53.9 Å². The second kappa shape index (κ2) is 37.7. The summed E-state index contributed by atoms with van der Waals surface area (Å²) in [5, 5.41) is 0. The van der Waals surface area contributed by atoms with Crippen LogP contribution >= 0.6 is 0 Å². The predicted molar refractivity (Wildman–Crippen MR) is 242 cm³/mol. The minimum atomic E-state index is -2.32. The Bertz CT molecular complexity index is 645. The topological polar surface area (TPSA) is 27.7 Å². The smallest absolute Gasteiger partial charge is 0.315 e. The van der Waals surface area contributed by atoms with Gasteiger partial charge in [0, 0.05) is 0 Å². The highest BCUT2D eigenvalue weighted by Gasteiger charge is 2.44. The van der Waals surface area contributed by atoms with Crippen LogP contribution < -0.4 is 0 Å². The van der Waals surface area contributed by atoms with Crippen LogP contribution in [0.5, 0.6) is 0 Å². The lowest BCUT2D eigenvalue weighted by Crippen LogP contribution is -2.55. The minimum Gasteiger partial charge on any atom is -0.439 e. The van der Waals surface area contributed by atoms with E-state index in [1.165, 1.54) is 230 Å². The zero-order chi connectivity index (χ0) is 37.7. The van der Waals surface area contributed by atoms with Crippen LogP contribution in [0.25, 0.3) is 0 Å². The van der Waals surface area contributed by atoms with Gasteiger partial charge in [-0.3, -0.25) is 0 Å². The molecule has 0 N–H and O–H groups in total. The lowest BCUT2D eigenvalue weighted by Gasteiger charge is -2.40. The maximum Gasteiger partial charge on any atom is 0.315 e. The van der Waals surface area contributed by atoms with Gasteiger partial charge in [0.05, 0.1) is 0 Å². The Balaban J connectivity index is 5.35.